The predicted molar refractivity (Wildman–Crippen MR) is 72.4 cm³/mol. The molecule has 0 fully saturated rings. The van der Waals surface area contributed by atoms with Crippen molar-refractivity contribution in [3.05, 3.63) is 36.5 Å². The molecule has 1 N–H and O–H groups in total. The van der Waals surface area contributed by atoms with Crippen LogP contribution in [-0.2, 0) is 0 Å². The lowest BCUT2D eigenvalue weighted by Gasteiger charge is -2.21. The molecule has 0 saturated heterocycles. The minimum atomic E-state index is -0.730. The quantitative estimate of drug-likeness (QED) is 0.666. The van der Waals surface area contributed by atoms with Crippen molar-refractivity contribution in [2.45, 2.75) is 53.1 Å². The summed E-state index contributed by atoms with van der Waals surface area (Å²) >= 11 is 0. The Morgan fingerprint density at radius 2 is 1.75 bits per heavy atom. The predicted octanol–water partition coefficient (Wildman–Crippen LogP) is 4.25. The van der Waals surface area contributed by atoms with Crippen molar-refractivity contribution < 1.29 is 5.11 Å². The number of allylic oxidation sites excluding steroid dienone is 4. The first-order valence-electron chi connectivity index (χ1n) is 5.88. The average molecular weight is 222 g/mol. The van der Waals surface area contributed by atoms with Gasteiger partial charge >= 0.3 is 0 Å². The van der Waals surface area contributed by atoms with Gasteiger partial charge in [-0.2, -0.15) is 0 Å². The molecule has 0 spiro atoms. The van der Waals surface area contributed by atoms with Crippen molar-refractivity contribution in [2.24, 2.45) is 5.41 Å². The Morgan fingerprint density at radius 1 is 1.19 bits per heavy atom. The zero-order valence-corrected chi connectivity index (χ0v) is 11.4. The van der Waals surface area contributed by atoms with Crippen LogP contribution in [0.15, 0.2) is 36.5 Å². The van der Waals surface area contributed by atoms with Crippen LogP contribution in [0.1, 0.15) is 47.5 Å². The molecule has 1 nitrogen and oxygen atoms in total. The van der Waals surface area contributed by atoms with E-state index in [9.17, 15) is 5.11 Å². The monoisotopic (exact) mass is 222 g/mol. The molecule has 0 radical (unpaired) electrons. The zero-order chi connectivity index (χ0) is 12.8. The lowest BCUT2D eigenvalue weighted by molar-refractivity contribution is 0.102. The van der Waals surface area contributed by atoms with E-state index in [2.05, 4.69) is 40.3 Å². The van der Waals surface area contributed by atoms with Gasteiger partial charge in [0.05, 0.1) is 5.60 Å². The van der Waals surface area contributed by atoms with Crippen molar-refractivity contribution in [1.29, 1.82) is 0 Å². The lowest BCUT2D eigenvalue weighted by Crippen LogP contribution is -2.21. The maximum atomic E-state index is 10.1. The van der Waals surface area contributed by atoms with Gasteiger partial charge in [0.2, 0.25) is 0 Å². The molecule has 0 aliphatic carbocycles. The molecule has 0 heterocycles. The summed E-state index contributed by atoms with van der Waals surface area (Å²) in [6, 6.07) is 0. The van der Waals surface area contributed by atoms with E-state index in [1.54, 1.807) is 0 Å². The fraction of sp³-hybridized carbons (Fsp3) is 0.600. The Labute approximate surface area is 101 Å². The van der Waals surface area contributed by atoms with E-state index in [1.165, 1.54) is 5.57 Å². The Bertz CT molecular complexity index is 276. The maximum Gasteiger partial charge on any atom is 0.0802 e. The summed E-state index contributed by atoms with van der Waals surface area (Å²) in [6.07, 6.45) is 9.60. The Hall–Kier alpha value is -0.820. The largest absolute Gasteiger partial charge is 0.386 e. The third kappa shape index (κ3) is 7.47. The van der Waals surface area contributed by atoms with Gasteiger partial charge in [-0.25, -0.2) is 0 Å². The van der Waals surface area contributed by atoms with Gasteiger partial charge in [0, 0.05) is 5.41 Å². The summed E-state index contributed by atoms with van der Waals surface area (Å²) in [5.74, 6) is 0. The van der Waals surface area contributed by atoms with Crippen LogP contribution in [0.5, 0.6) is 0 Å². The van der Waals surface area contributed by atoms with Crippen molar-refractivity contribution in [3.8, 4) is 0 Å². The first kappa shape index (κ1) is 15.2. The molecule has 0 aromatic carbocycles. The van der Waals surface area contributed by atoms with Gasteiger partial charge in [-0.3, -0.25) is 0 Å². The average Bonchev–Trinajstić information content (AvgIpc) is 2.14. The minimum Gasteiger partial charge on any atom is -0.386 e. The molecule has 92 valence electrons. The zero-order valence-electron chi connectivity index (χ0n) is 11.4. The van der Waals surface area contributed by atoms with Crippen molar-refractivity contribution in [2.75, 3.05) is 0 Å². The Balaban J connectivity index is 4.34. The summed E-state index contributed by atoms with van der Waals surface area (Å²) in [6.45, 7) is 13.9. The fourth-order valence-corrected chi connectivity index (χ4v) is 1.20. The van der Waals surface area contributed by atoms with Crippen LogP contribution in [-0.4, -0.2) is 10.7 Å². The first-order valence-corrected chi connectivity index (χ1v) is 5.88. The van der Waals surface area contributed by atoms with E-state index in [0.717, 1.165) is 12.8 Å². The van der Waals surface area contributed by atoms with Crippen LogP contribution in [0, 0.1) is 5.41 Å². The summed E-state index contributed by atoms with van der Waals surface area (Å²) in [5.41, 5.74) is 0.512. The molecule has 1 unspecified atom stereocenters. The van der Waals surface area contributed by atoms with E-state index in [-0.39, 0.29) is 5.41 Å². The standard InChI is InChI=1S/C15H26O/c1-7-14(4,5)11-12-15(6,16)10-8-9-13(2)3/h7,9,11-12,16H,1,8,10H2,2-6H3/b12-11+. The van der Waals surface area contributed by atoms with Gasteiger partial charge in [-0.1, -0.05) is 43.7 Å². The van der Waals surface area contributed by atoms with Crippen molar-refractivity contribution in [3.63, 3.8) is 0 Å². The van der Waals surface area contributed by atoms with E-state index < -0.39 is 5.60 Å². The van der Waals surface area contributed by atoms with E-state index in [0.29, 0.717) is 0 Å². The Kier molecular flexibility index (Phi) is 5.74. The molecule has 0 rings (SSSR count). The van der Waals surface area contributed by atoms with Gasteiger partial charge < -0.3 is 5.11 Å². The molecule has 0 amide bonds. The van der Waals surface area contributed by atoms with E-state index in [4.69, 9.17) is 0 Å². The third-order valence-corrected chi connectivity index (χ3v) is 2.60. The van der Waals surface area contributed by atoms with E-state index in [1.807, 2.05) is 25.2 Å². The molecule has 16 heavy (non-hydrogen) atoms. The lowest BCUT2D eigenvalue weighted by atomic mass is 9.89. The van der Waals surface area contributed by atoms with Crippen LogP contribution in [0.3, 0.4) is 0 Å². The van der Waals surface area contributed by atoms with Crippen LogP contribution < -0.4 is 0 Å². The molecule has 0 aliphatic heterocycles. The highest BCUT2D eigenvalue weighted by Gasteiger charge is 2.17. The minimum absolute atomic E-state index is 0.0551. The molecule has 0 aromatic heterocycles. The summed E-state index contributed by atoms with van der Waals surface area (Å²) in [5, 5.41) is 10.1. The maximum absolute atomic E-state index is 10.1. The van der Waals surface area contributed by atoms with Crippen molar-refractivity contribution >= 4 is 0 Å². The normalized spacial score (nSPS) is 15.9. The molecular weight excluding hydrogens is 196 g/mol. The molecule has 0 bridgehead atoms. The second-order valence-electron chi connectivity index (χ2n) is 5.54. The molecule has 0 saturated carbocycles. The van der Waals surface area contributed by atoms with Crippen LogP contribution >= 0.6 is 0 Å². The second kappa shape index (κ2) is 6.05. The van der Waals surface area contributed by atoms with Gasteiger partial charge in [0.1, 0.15) is 0 Å². The number of hydrogen-bond acceptors (Lipinski definition) is 1. The fourth-order valence-electron chi connectivity index (χ4n) is 1.20. The van der Waals surface area contributed by atoms with Crippen LogP contribution in [0.25, 0.3) is 0 Å². The summed E-state index contributed by atoms with van der Waals surface area (Å²) in [7, 11) is 0. The third-order valence-electron chi connectivity index (χ3n) is 2.60. The van der Waals surface area contributed by atoms with Crippen LogP contribution in [0.2, 0.25) is 0 Å². The topological polar surface area (TPSA) is 20.2 Å². The number of rotatable bonds is 6. The number of hydrogen-bond donors (Lipinski definition) is 1. The molecule has 1 heteroatoms. The van der Waals surface area contributed by atoms with Gasteiger partial charge in [-0.05, 0) is 33.6 Å². The molecule has 1 atom stereocenters. The second-order valence-corrected chi connectivity index (χ2v) is 5.54. The summed E-state index contributed by atoms with van der Waals surface area (Å²) < 4.78 is 0. The first-order chi connectivity index (χ1) is 7.18. The molecular formula is C15H26O. The molecule has 0 aromatic rings. The highest BCUT2D eigenvalue weighted by Crippen LogP contribution is 2.22. The van der Waals surface area contributed by atoms with Gasteiger partial charge in [-0.15, -0.1) is 6.58 Å². The van der Waals surface area contributed by atoms with Gasteiger partial charge in [0.25, 0.3) is 0 Å². The van der Waals surface area contributed by atoms with Crippen molar-refractivity contribution in [1.82, 2.24) is 0 Å². The Morgan fingerprint density at radius 3 is 2.19 bits per heavy atom. The summed E-state index contributed by atoms with van der Waals surface area (Å²) in [4.78, 5) is 0. The van der Waals surface area contributed by atoms with Crippen LogP contribution in [0.4, 0.5) is 0 Å². The van der Waals surface area contributed by atoms with E-state index >= 15 is 0 Å². The SMILES string of the molecule is C=CC(C)(C)/C=C/C(C)(O)CCC=C(C)C. The highest BCUT2D eigenvalue weighted by molar-refractivity contribution is 5.10. The molecule has 0 aliphatic rings. The smallest absolute Gasteiger partial charge is 0.0802 e. The van der Waals surface area contributed by atoms with Gasteiger partial charge in [0.15, 0.2) is 0 Å². The number of aliphatic hydroxyl groups is 1. The highest BCUT2D eigenvalue weighted by atomic mass is 16.3.